The zero-order valence-electron chi connectivity index (χ0n) is 10.1. The number of nitrogens with one attached hydrogen (secondary N) is 1. The normalized spacial score (nSPS) is 10.5. The minimum atomic E-state index is -0.0104. The van der Waals surface area contributed by atoms with Gasteiger partial charge in [0, 0.05) is 11.4 Å². The van der Waals surface area contributed by atoms with E-state index in [9.17, 15) is 4.79 Å². The summed E-state index contributed by atoms with van der Waals surface area (Å²) >= 11 is 0. The molecular formula is C13H16N2O2. The topological polar surface area (TPSA) is 47.2 Å². The van der Waals surface area contributed by atoms with E-state index in [2.05, 4.69) is 5.32 Å². The molecule has 4 nitrogen and oxygen atoms in total. The summed E-state index contributed by atoms with van der Waals surface area (Å²) in [6, 6.07) is 7.67. The van der Waals surface area contributed by atoms with Gasteiger partial charge in [0.1, 0.15) is 12.3 Å². The third kappa shape index (κ3) is 2.78. The zero-order chi connectivity index (χ0) is 12.3. The first-order valence-electron chi connectivity index (χ1n) is 5.58. The Morgan fingerprint density at radius 3 is 2.59 bits per heavy atom. The van der Waals surface area contributed by atoms with Crippen molar-refractivity contribution in [2.24, 2.45) is 0 Å². The van der Waals surface area contributed by atoms with Crippen LogP contribution in [0.5, 0.6) is 0 Å². The molecule has 0 spiro atoms. The quantitative estimate of drug-likeness (QED) is 0.876. The fourth-order valence-corrected chi connectivity index (χ4v) is 1.75. The smallest absolute Gasteiger partial charge is 0.240 e. The van der Waals surface area contributed by atoms with Crippen LogP contribution in [0.15, 0.2) is 34.9 Å². The molecule has 0 bridgehead atoms. The van der Waals surface area contributed by atoms with Gasteiger partial charge >= 0.3 is 0 Å². The molecule has 0 aliphatic heterocycles. The van der Waals surface area contributed by atoms with Gasteiger partial charge < -0.3 is 14.3 Å². The zero-order valence-corrected chi connectivity index (χ0v) is 10.1. The van der Waals surface area contributed by atoms with Gasteiger partial charge in [-0.1, -0.05) is 0 Å². The maximum Gasteiger partial charge on any atom is 0.240 e. The molecule has 0 atom stereocenters. The Labute approximate surface area is 100 Å². The highest BCUT2D eigenvalue weighted by atomic mass is 16.3. The maximum atomic E-state index is 11.7. The second-order valence-corrected chi connectivity index (χ2v) is 4.06. The lowest BCUT2D eigenvalue weighted by Gasteiger charge is -2.09. The Kier molecular flexibility index (Phi) is 3.32. The number of carbonyl (C=O) groups is 1. The van der Waals surface area contributed by atoms with Crippen molar-refractivity contribution in [1.82, 2.24) is 9.88 Å². The van der Waals surface area contributed by atoms with Crippen LogP contribution in [0.2, 0.25) is 0 Å². The number of aromatic nitrogens is 1. The van der Waals surface area contributed by atoms with E-state index in [4.69, 9.17) is 4.42 Å². The summed E-state index contributed by atoms with van der Waals surface area (Å²) in [4.78, 5) is 11.7. The number of rotatable bonds is 4. The lowest BCUT2D eigenvalue weighted by atomic mass is 10.4. The molecule has 0 aromatic carbocycles. The Morgan fingerprint density at radius 2 is 2.00 bits per heavy atom. The van der Waals surface area contributed by atoms with Crippen molar-refractivity contribution in [2.45, 2.75) is 26.9 Å². The van der Waals surface area contributed by atoms with Crippen molar-refractivity contribution >= 4 is 5.91 Å². The van der Waals surface area contributed by atoms with Crippen LogP contribution in [0.3, 0.4) is 0 Å². The first-order chi connectivity index (χ1) is 8.16. The monoisotopic (exact) mass is 232 g/mol. The van der Waals surface area contributed by atoms with Crippen molar-refractivity contribution in [3.05, 3.63) is 47.7 Å². The van der Waals surface area contributed by atoms with Crippen molar-refractivity contribution in [2.75, 3.05) is 0 Å². The lowest BCUT2D eigenvalue weighted by Crippen LogP contribution is -2.27. The van der Waals surface area contributed by atoms with Gasteiger partial charge in [-0.15, -0.1) is 0 Å². The van der Waals surface area contributed by atoms with E-state index in [1.165, 1.54) is 0 Å². The molecule has 0 radical (unpaired) electrons. The molecule has 0 aliphatic rings. The predicted molar refractivity (Wildman–Crippen MR) is 64.5 cm³/mol. The van der Waals surface area contributed by atoms with Gasteiger partial charge in [-0.2, -0.15) is 0 Å². The van der Waals surface area contributed by atoms with Crippen LogP contribution in [-0.4, -0.2) is 10.5 Å². The van der Waals surface area contributed by atoms with E-state index >= 15 is 0 Å². The van der Waals surface area contributed by atoms with E-state index in [1.807, 2.05) is 42.7 Å². The molecule has 2 rings (SSSR count). The Bertz CT molecular complexity index is 478. The molecule has 2 aromatic heterocycles. The van der Waals surface area contributed by atoms with Crippen LogP contribution in [0.1, 0.15) is 17.1 Å². The van der Waals surface area contributed by atoms with Gasteiger partial charge in [0.15, 0.2) is 0 Å². The number of furan rings is 1. The molecule has 0 fully saturated rings. The lowest BCUT2D eigenvalue weighted by molar-refractivity contribution is -0.121. The highest BCUT2D eigenvalue weighted by Crippen LogP contribution is 2.06. The molecule has 0 saturated carbocycles. The van der Waals surface area contributed by atoms with E-state index in [1.54, 1.807) is 6.26 Å². The molecule has 17 heavy (non-hydrogen) atoms. The van der Waals surface area contributed by atoms with Crippen LogP contribution < -0.4 is 5.32 Å². The summed E-state index contributed by atoms with van der Waals surface area (Å²) in [6.45, 7) is 4.77. The number of hydrogen-bond donors (Lipinski definition) is 1. The fraction of sp³-hybridized carbons (Fsp3) is 0.308. The second-order valence-electron chi connectivity index (χ2n) is 4.06. The van der Waals surface area contributed by atoms with Gasteiger partial charge in [0.2, 0.25) is 5.91 Å². The predicted octanol–water partition coefficient (Wildman–Crippen LogP) is 2.01. The summed E-state index contributed by atoms with van der Waals surface area (Å²) in [6.07, 6.45) is 1.60. The van der Waals surface area contributed by atoms with E-state index in [0.717, 1.165) is 17.1 Å². The largest absolute Gasteiger partial charge is 0.467 e. The Balaban J connectivity index is 1.89. The average molecular weight is 232 g/mol. The highest BCUT2D eigenvalue weighted by molar-refractivity contribution is 5.75. The summed E-state index contributed by atoms with van der Waals surface area (Å²) in [5.41, 5.74) is 2.19. The van der Waals surface area contributed by atoms with Gasteiger partial charge in [-0.05, 0) is 38.1 Å². The molecule has 0 saturated heterocycles. The third-order valence-electron chi connectivity index (χ3n) is 2.76. The minimum absolute atomic E-state index is 0.0104. The molecule has 1 N–H and O–H groups in total. The Morgan fingerprint density at radius 1 is 1.29 bits per heavy atom. The summed E-state index contributed by atoms with van der Waals surface area (Å²) in [5, 5.41) is 2.82. The molecule has 1 amide bonds. The van der Waals surface area contributed by atoms with Crippen molar-refractivity contribution in [1.29, 1.82) is 0 Å². The molecule has 90 valence electrons. The van der Waals surface area contributed by atoms with E-state index < -0.39 is 0 Å². The van der Waals surface area contributed by atoms with Crippen molar-refractivity contribution < 1.29 is 9.21 Å². The van der Waals surface area contributed by atoms with E-state index in [0.29, 0.717) is 13.1 Å². The van der Waals surface area contributed by atoms with Gasteiger partial charge in [-0.25, -0.2) is 0 Å². The first kappa shape index (κ1) is 11.5. The average Bonchev–Trinajstić information content (AvgIpc) is 2.91. The van der Waals surface area contributed by atoms with Gasteiger partial charge in [0.25, 0.3) is 0 Å². The van der Waals surface area contributed by atoms with Crippen molar-refractivity contribution in [3.63, 3.8) is 0 Å². The number of hydrogen-bond acceptors (Lipinski definition) is 2. The van der Waals surface area contributed by atoms with Crippen LogP contribution in [0.25, 0.3) is 0 Å². The summed E-state index contributed by atoms with van der Waals surface area (Å²) in [7, 11) is 0. The number of amides is 1. The fourth-order valence-electron chi connectivity index (χ4n) is 1.75. The second kappa shape index (κ2) is 4.91. The number of carbonyl (C=O) groups excluding carboxylic acids is 1. The molecule has 0 aliphatic carbocycles. The molecule has 0 unspecified atom stereocenters. The number of aryl methyl sites for hydroxylation is 2. The number of nitrogens with zero attached hydrogens (tertiary/aromatic N) is 1. The molecule has 2 heterocycles. The third-order valence-corrected chi connectivity index (χ3v) is 2.76. The van der Waals surface area contributed by atoms with Crippen LogP contribution >= 0.6 is 0 Å². The molecular weight excluding hydrogens is 216 g/mol. The standard InChI is InChI=1S/C13H16N2O2/c1-10-5-6-11(2)15(10)9-13(16)14-8-12-4-3-7-17-12/h3-7H,8-9H2,1-2H3,(H,14,16). The van der Waals surface area contributed by atoms with Gasteiger partial charge in [-0.3, -0.25) is 4.79 Å². The van der Waals surface area contributed by atoms with Crippen molar-refractivity contribution in [3.8, 4) is 0 Å². The van der Waals surface area contributed by atoms with Crippen LogP contribution in [0, 0.1) is 13.8 Å². The SMILES string of the molecule is Cc1ccc(C)n1CC(=O)NCc1ccco1. The van der Waals surface area contributed by atoms with Crippen LogP contribution in [-0.2, 0) is 17.9 Å². The molecule has 4 heteroatoms. The summed E-state index contributed by atoms with van der Waals surface area (Å²) in [5.74, 6) is 0.753. The summed E-state index contributed by atoms with van der Waals surface area (Å²) < 4.78 is 7.13. The van der Waals surface area contributed by atoms with Crippen LogP contribution in [0.4, 0.5) is 0 Å². The first-order valence-corrected chi connectivity index (χ1v) is 5.58. The maximum absolute atomic E-state index is 11.7. The molecule has 2 aromatic rings. The van der Waals surface area contributed by atoms with Gasteiger partial charge in [0.05, 0.1) is 12.8 Å². The highest BCUT2D eigenvalue weighted by Gasteiger charge is 2.07. The van der Waals surface area contributed by atoms with E-state index in [-0.39, 0.29) is 5.91 Å². The Hall–Kier alpha value is -1.97. The minimum Gasteiger partial charge on any atom is -0.467 e.